The van der Waals surface area contributed by atoms with E-state index >= 15 is 0 Å². The van der Waals surface area contributed by atoms with Crippen molar-refractivity contribution in [2.45, 2.75) is 44.9 Å². The van der Waals surface area contributed by atoms with Crippen LogP contribution in [-0.4, -0.2) is 62.1 Å². The van der Waals surface area contributed by atoms with Crippen molar-refractivity contribution in [1.29, 1.82) is 0 Å². The molecule has 0 radical (unpaired) electrons. The van der Waals surface area contributed by atoms with Gasteiger partial charge in [-0.1, -0.05) is 12.8 Å². The average molecular weight is 294 g/mol. The van der Waals surface area contributed by atoms with Gasteiger partial charge < -0.3 is 14.5 Å². The molecule has 3 rings (SSSR count). The summed E-state index contributed by atoms with van der Waals surface area (Å²) in [4.78, 5) is 17.1. The zero-order valence-electron chi connectivity index (χ0n) is 13.5. The third-order valence-corrected chi connectivity index (χ3v) is 5.58. The molecule has 1 atom stereocenters. The molecule has 1 spiro atoms. The Hall–Kier alpha value is -0.610. The monoisotopic (exact) mass is 294 g/mol. The summed E-state index contributed by atoms with van der Waals surface area (Å²) in [5.74, 6) is 1.05. The van der Waals surface area contributed by atoms with E-state index in [0.29, 0.717) is 11.8 Å². The standard InChI is InChI=1S/C17H30N2O2/c1-18-9-10-21-14-17(12-18)7-4-8-19(13-17)16(20)11-15-5-2-3-6-15/h15H,2-14H2,1H3/t17-/m0/s1. The van der Waals surface area contributed by atoms with Crippen LogP contribution in [0.3, 0.4) is 0 Å². The molecule has 0 N–H and O–H groups in total. The Morgan fingerprint density at radius 1 is 1.19 bits per heavy atom. The Morgan fingerprint density at radius 2 is 2.00 bits per heavy atom. The Balaban J connectivity index is 1.60. The van der Waals surface area contributed by atoms with Crippen molar-refractivity contribution in [3.63, 3.8) is 0 Å². The number of amides is 1. The Labute approximate surface area is 128 Å². The third kappa shape index (κ3) is 3.78. The molecular weight excluding hydrogens is 264 g/mol. The van der Waals surface area contributed by atoms with Gasteiger partial charge in [0.15, 0.2) is 0 Å². The number of ether oxygens (including phenoxy) is 1. The number of nitrogens with zero attached hydrogens (tertiary/aromatic N) is 2. The zero-order chi connectivity index (χ0) is 14.7. The molecule has 1 amide bonds. The fourth-order valence-electron chi connectivity index (χ4n) is 4.46. The van der Waals surface area contributed by atoms with Crippen LogP contribution in [0.5, 0.6) is 0 Å². The molecule has 2 heterocycles. The summed E-state index contributed by atoms with van der Waals surface area (Å²) in [6.07, 6.45) is 8.28. The van der Waals surface area contributed by atoms with Crippen molar-refractivity contribution >= 4 is 5.91 Å². The van der Waals surface area contributed by atoms with Gasteiger partial charge in [0, 0.05) is 38.0 Å². The number of carbonyl (C=O) groups excluding carboxylic acids is 1. The van der Waals surface area contributed by atoms with E-state index < -0.39 is 0 Å². The van der Waals surface area contributed by atoms with Crippen LogP contribution in [0, 0.1) is 11.3 Å². The van der Waals surface area contributed by atoms with E-state index in [4.69, 9.17) is 4.74 Å². The molecule has 1 saturated carbocycles. The van der Waals surface area contributed by atoms with Crippen LogP contribution in [0.25, 0.3) is 0 Å². The number of hydrogen-bond donors (Lipinski definition) is 0. The summed E-state index contributed by atoms with van der Waals surface area (Å²) < 4.78 is 5.84. The van der Waals surface area contributed by atoms with Crippen LogP contribution in [-0.2, 0) is 9.53 Å². The molecule has 0 aromatic heterocycles. The summed E-state index contributed by atoms with van der Waals surface area (Å²) in [5, 5.41) is 0. The second-order valence-electron chi connectivity index (χ2n) is 7.56. The first kappa shape index (κ1) is 15.3. The lowest BCUT2D eigenvalue weighted by Gasteiger charge is -2.43. The number of piperidine rings is 1. The minimum atomic E-state index is 0.175. The van der Waals surface area contributed by atoms with E-state index in [1.54, 1.807) is 0 Å². The smallest absolute Gasteiger partial charge is 0.222 e. The average Bonchev–Trinajstić information content (AvgIpc) is 2.90. The van der Waals surface area contributed by atoms with Crippen molar-refractivity contribution in [2.75, 3.05) is 46.4 Å². The predicted octanol–water partition coefficient (Wildman–Crippen LogP) is 2.14. The van der Waals surface area contributed by atoms with Gasteiger partial charge in [0.05, 0.1) is 13.2 Å². The molecule has 120 valence electrons. The maximum atomic E-state index is 12.6. The van der Waals surface area contributed by atoms with Gasteiger partial charge in [0.25, 0.3) is 0 Å². The SMILES string of the molecule is CN1CCOC[C@@]2(CCCN(C(=O)CC3CCCC3)C2)C1. The normalized spacial score (nSPS) is 32.5. The van der Waals surface area contributed by atoms with Crippen LogP contribution < -0.4 is 0 Å². The van der Waals surface area contributed by atoms with Gasteiger partial charge in [-0.15, -0.1) is 0 Å². The van der Waals surface area contributed by atoms with Crippen LogP contribution >= 0.6 is 0 Å². The van der Waals surface area contributed by atoms with Crippen LogP contribution in [0.1, 0.15) is 44.9 Å². The molecule has 0 unspecified atom stereocenters. The van der Waals surface area contributed by atoms with E-state index in [2.05, 4.69) is 16.8 Å². The first-order valence-corrected chi connectivity index (χ1v) is 8.71. The number of likely N-dealkylation sites (tertiary alicyclic amines) is 1. The summed E-state index contributed by atoms with van der Waals surface area (Å²) >= 11 is 0. The van der Waals surface area contributed by atoms with Gasteiger partial charge in [-0.3, -0.25) is 4.79 Å². The molecule has 2 saturated heterocycles. The number of rotatable bonds is 2. The molecule has 0 aromatic carbocycles. The lowest BCUT2D eigenvalue weighted by atomic mass is 9.80. The van der Waals surface area contributed by atoms with Crippen LogP contribution in [0.2, 0.25) is 0 Å². The second kappa shape index (κ2) is 6.66. The lowest BCUT2D eigenvalue weighted by Crippen LogP contribution is -2.51. The van der Waals surface area contributed by atoms with Gasteiger partial charge in [0.2, 0.25) is 5.91 Å². The van der Waals surface area contributed by atoms with Crippen molar-refractivity contribution in [3.05, 3.63) is 0 Å². The maximum Gasteiger partial charge on any atom is 0.222 e. The van der Waals surface area contributed by atoms with E-state index in [0.717, 1.165) is 52.2 Å². The topological polar surface area (TPSA) is 32.8 Å². The molecule has 0 aromatic rings. The highest BCUT2D eigenvalue weighted by molar-refractivity contribution is 5.76. The molecule has 4 nitrogen and oxygen atoms in total. The maximum absolute atomic E-state index is 12.6. The Bertz CT molecular complexity index is 368. The van der Waals surface area contributed by atoms with E-state index in [1.807, 2.05) is 0 Å². The Kier molecular flexibility index (Phi) is 4.85. The summed E-state index contributed by atoms with van der Waals surface area (Å²) in [5.41, 5.74) is 0.175. The molecular formula is C17H30N2O2. The van der Waals surface area contributed by atoms with Gasteiger partial charge in [-0.2, -0.15) is 0 Å². The number of likely N-dealkylation sites (N-methyl/N-ethyl adjacent to an activating group) is 1. The number of carbonyl (C=O) groups is 1. The van der Waals surface area contributed by atoms with Crippen molar-refractivity contribution in [2.24, 2.45) is 11.3 Å². The van der Waals surface area contributed by atoms with Gasteiger partial charge >= 0.3 is 0 Å². The summed E-state index contributed by atoms with van der Waals surface area (Å²) in [7, 11) is 2.18. The number of hydrogen-bond acceptors (Lipinski definition) is 3. The van der Waals surface area contributed by atoms with Crippen molar-refractivity contribution < 1.29 is 9.53 Å². The molecule has 21 heavy (non-hydrogen) atoms. The first-order chi connectivity index (χ1) is 10.2. The van der Waals surface area contributed by atoms with E-state index in [-0.39, 0.29) is 5.41 Å². The quantitative estimate of drug-likeness (QED) is 0.782. The zero-order valence-corrected chi connectivity index (χ0v) is 13.5. The fourth-order valence-corrected chi connectivity index (χ4v) is 4.46. The van der Waals surface area contributed by atoms with E-state index in [1.165, 1.54) is 32.1 Å². The molecule has 2 aliphatic heterocycles. The highest BCUT2D eigenvalue weighted by Crippen LogP contribution is 2.34. The highest BCUT2D eigenvalue weighted by atomic mass is 16.5. The summed E-state index contributed by atoms with van der Waals surface area (Å²) in [6, 6.07) is 0. The Morgan fingerprint density at radius 3 is 2.81 bits per heavy atom. The van der Waals surface area contributed by atoms with Crippen LogP contribution in [0.15, 0.2) is 0 Å². The largest absolute Gasteiger partial charge is 0.379 e. The van der Waals surface area contributed by atoms with Crippen LogP contribution in [0.4, 0.5) is 0 Å². The molecule has 1 aliphatic carbocycles. The molecule has 3 fully saturated rings. The second-order valence-corrected chi connectivity index (χ2v) is 7.56. The minimum absolute atomic E-state index is 0.175. The lowest BCUT2D eigenvalue weighted by molar-refractivity contribution is -0.137. The predicted molar refractivity (Wildman–Crippen MR) is 83.1 cm³/mol. The van der Waals surface area contributed by atoms with Gasteiger partial charge in [-0.25, -0.2) is 0 Å². The first-order valence-electron chi connectivity index (χ1n) is 8.71. The van der Waals surface area contributed by atoms with E-state index in [9.17, 15) is 4.79 Å². The summed E-state index contributed by atoms with van der Waals surface area (Å²) in [6.45, 7) is 5.59. The van der Waals surface area contributed by atoms with Crippen molar-refractivity contribution in [3.8, 4) is 0 Å². The third-order valence-electron chi connectivity index (χ3n) is 5.58. The molecule has 3 aliphatic rings. The van der Waals surface area contributed by atoms with Crippen molar-refractivity contribution in [1.82, 2.24) is 9.80 Å². The highest BCUT2D eigenvalue weighted by Gasteiger charge is 2.39. The van der Waals surface area contributed by atoms with Gasteiger partial charge in [0.1, 0.15) is 0 Å². The molecule has 0 bridgehead atoms. The minimum Gasteiger partial charge on any atom is -0.379 e. The molecule has 4 heteroatoms. The van der Waals surface area contributed by atoms with Gasteiger partial charge in [-0.05, 0) is 38.6 Å². The fraction of sp³-hybridized carbons (Fsp3) is 0.941.